The van der Waals surface area contributed by atoms with Crippen molar-refractivity contribution in [1.82, 2.24) is 19.4 Å². The minimum atomic E-state index is -0.00634. The quantitative estimate of drug-likeness (QED) is 0.632. The molecule has 0 aliphatic carbocycles. The van der Waals surface area contributed by atoms with E-state index >= 15 is 0 Å². The molecule has 5 rings (SSSR count). The molecule has 1 amide bonds. The summed E-state index contributed by atoms with van der Waals surface area (Å²) in [6, 6.07) is 14.0. The number of amides is 1. The molecule has 31 heavy (non-hydrogen) atoms. The second-order valence-electron chi connectivity index (χ2n) is 8.85. The summed E-state index contributed by atoms with van der Waals surface area (Å²) in [5, 5.41) is 2.73. The van der Waals surface area contributed by atoms with E-state index in [1.807, 2.05) is 70.2 Å². The van der Waals surface area contributed by atoms with E-state index in [9.17, 15) is 9.59 Å². The number of fused-ring (bicyclic) bond motifs is 4. The van der Waals surface area contributed by atoms with Gasteiger partial charge in [-0.25, -0.2) is 4.98 Å². The van der Waals surface area contributed by atoms with Crippen LogP contribution in [-0.4, -0.2) is 52.4 Å². The van der Waals surface area contributed by atoms with E-state index in [0.29, 0.717) is 37.8 Å². The molecule has 0 unspecified atom stereocenters. The lowest BCUT2D eigenvalue weighted by atomic mass is 9.83. The fraction of sp³-hybridized carbons (Fsp3) is 0.375. The number of nitrogens with zero attached hydrogens (tertiary/aromatic N) is 4. The third kappa shape index (κ3) is 3.83. The van der Waals surface area contributed by atoms with Crippen LogP contribution < -0.4 is 5.56 Å². The van der Waals surface area contributed by atoms with E-state index in [2.05, 4.69) is 11.1 Å². The lowest BCUT2D eigenvalue weighted by molar-refractivity contribution is 0.0589. The number of thiazole rings is 1. The maximum Gasteiger partial charge on any atom is 0.273 e. The Bertz CT molecular complexity index is 1170. The zero-order valence-corrected chi connectivity index (χ0v) is 18.6. The second kappa shape index (κ2) is 8.05. The molecule has 7 heteroatoms. The number of aromatic nitrogens is 2. The molecule has 0 radical (unpaired) electrons. The third-order valence-electron chi connectivity index (χ3n) is 6.20. The number of carbonyl (C=O) groups excluding carboxylic acids is 1. The number of rotatable bonds is 4. The second-order valence-corrected chi connectivity index (χ2v) is 9.71. The van der Waals surface area contributed by atoms with Gasteiger partial charge in [0.2, 0.25) is 0 Å². The van der Waals surface area contributed by atoms with Gasteiger partial charge in [-0.3, -0.25) is 9.59 Å². The molecule has 3 aromatic rings. The average Bonchev–Trinajstić information content (AvgIpc) is 3.26. The highest BCUT2D eigenvalue weighted by Crippen LogP contribution is 2.36. The van der Waals surface area contributed by atoms with Crippen molar-refractivity contribution < 1.29 is 4.79 Å². The van der Waals surface area contributed by atoms with Crippen molar-refractivity contribution in [3.63, 3.8) is 0 Å². The largest absolute Gasteiger partial charge is 0.336 e. The normalized spacial score (nSPS) is 20.0. The summed E-state index contributed by atoms with van der Waals surface area (Å²) in [5.74, 6) is 0.493. The van der Waals surface area contributed by atoms with Gasteiger partial charge in [0, 0.05) is 54.3 Å². The SMILES string of the molecule is CN(C)Cc1ccc2n(c1=O)C[C@H]1C[C@@H]2CN(C(=O)c2csc(-c3ccccc3)n2)C1. The number of pyridine rings is 1. The molecule has 0 saturated carbocycles. The minimum absolute atomic E-state index is 0.00634. The molecule has 0 spiro atoms. The van der Waals surface area contributed by atoms with Crippen molar-refractivity contribution in [3.05, 3.63) is 75.1 Å². The molecule has 6 nitrogen and oxygen atoms in total. The molecule has 1 aromatic carbocycles. The monoisotopic (exact) mass is 434 g/mol. The molecule has 2 aromatic heterocycles. The standard InChI is InChI=1S/C24H26N4O2S/c1-26(2)13-18-8-9-21-19-10-16(12-28(21)23(18)29)11-27(14-19)24(30)20-15-31-22(25-20)17-6-4-3-5-7-17/h3-9,15-16,19H,10-14H2,1-2H3/t16-,19+/m0/s1. The highest BCUT2D eigenvalue weighted by molar-refractivity contribution is 7.13. The van der Waals surface area contributed by atoms with Crippen LogP contribution >= 0.6 is 11.3 Å². The van der Waals surface area contributed by atoms with E-state index in [1.165, 1.54) is 11.3 Å². The number of likely N-dealkylation sites (tertiary alicyclic amines) is 1. The predicted molar refractivity (Wildman–Crippen MR) is 122 cm³/mol. The lowest BCUT2D eigenvalue weighted by Gasteiger charge is -2.42. The maximum atomic E-state index is 13.2. The Labute approximate surface area is 185 Å². The van der Waals surface area contributed by atoms with Crippen LogP contribution in [0.4, 0.5) is 0 Å². The highest BCUT2D eigenvalue weighted by atomic mass is 32.1. The first-order chi connectivity index (χ1) is 15.0. The molecule has 2 aliphatic heterocycles. The Morgan fingerprint density at radius 1 is 1.13 bits per heavy atom. The molecular formula is C24H26N4O2S. The van der Waals surface area contributed by atoms with E-state index in [-0.39, 0.29) is 17.4 Å². The van der Waals surface area contributed by atoms with Crippen molar-refractivity contribution in [2.45, 2.75) is 25.4 Å². The van der Waals surface area contributed by atoms with Gasteiger partial charge in [0.25, 0.3) is 11.5 Å². The summed E-state index contributed by atoms with van der Waals surface area (Å²) in [4.78, 5) is 34.8. The number of piperidine rings is 1. The van der Waals surface area contributed by atoms with Gasteiger partial charge in [0.05, 0.1) is 0 Å². The summed E-state index contributed by atoms with van der Waals surface area (Å²) < 4.78 is 1.95. The van der Waals surface area contributed by atoms with Gasteiger partial charge in [-0.1, -0.05) is 36.4 Å². The molecule has 4 heterocycles. The minimum Gasteiger partial charge on any atom is -0.336 e. The predicted octanol–water partition coefficient (Wildman–Crippen LogP) is 3.29. The smallest absolute Gasteiger partial charge is 0.273 e. The fourth-order valence-corrected chi connectivity index (χ4v) is 5.67. The number of hydrogen-bond acceptors (Lipinski definition) is 5. The zero-order valence-electron chi connectivity index (χ0n) is 17.8. The van der Waals surface area contributed by atoms with Crippen molar-refractivity contribution in [2.75, 3.05) is 27.2 Å². The van der Waals surface area contributed by atoms with Gasteiger partial charge < -0.3 is 14.4 Å². The first-order valence-electron chi connectivity index (χ1n) is 10.7. The first kappa shape index (κ1) is 20.2. The Kier molecular flexibility index (Phi) is 5.24. The van der Waals surface area contributed by atoms with Crippen LogP contribution in [-0.2, 0) is 13.1 Å². The molecule has 2 bridgehead atoms. The highest BCUT2D eigenvalue weighted by Gasteiger charge is 2.37. The van der Waals surface area contributed by atoms with Gasteiger partial charge in [0.1, 0.15) is 10.7 Å². The molecule has 160 valence electrons. The van der Waals surface area contributed by atoms with Gasteiger partial charge >= 0.3 is 0 Å². The molecule has 1 fully saturated rings. The topological polar surface area (TPSA) is 58.4 Å². The summed E-state index contributed by atoms with van der Waals surface area (Å²) in [5.41, 5.74) is 3.56. The first-order valence-corrected chi connectivity index (χ1v) is 11.5. The molecule has 1 saturated heterocycles. The van der Waals surface area contributed by atoms with Gasteiger partial charge in [-0.05, 0) is 32.5 Å². The van der Waals surface area contributed by atoms with Crippen LogP contribution in [0.15, 0.2) is 52.6 Å². The lowest BCUT2D eigenvalue weighted by Crippen LogP contribution is -2.49. The van der Waals surface area contributed by atoms with Crippen LogP contribution in [0, 0.1) is 5.92 Å². The van der Waals surface area contributed by atoms with Crippen molar-refractivity contribution >= 4 is 17.2 Å². The van der Waals surface area contributed by atoms with E-state index in [4.69, 9.17) is 0 Å². The van der Waals surface area contributed by atoms with Crippen LogP contribution in [0.3, 0.4) is 0 Å². The molecule has 2 aliphatic rings. The Morgan fingerprint density at radius 3 is 2.71 bits per heavy atom. The van der Waals surface area contributed by atoms with E-state index < -0.39 is 0 Å². The Hall–Kier alpha value is -2.77. The van der Waals surface area contributed by atoms with Crippen molar-refractivity contribution in [2.24, 2.45) is 5.92 Å². The van der Waals surface area contributed by atoms with Crippen LogP contribution in [0.25, 0.3) is 10.6 Å². The van der Waals surface area contributed by atoms with Crippen LogP contribution in [0.5, 0.6) is 0 Å². The van der Waals surface area contributed by atoms with Crippen LogP contribution in [0.2, 0.25) is 0 Å². The molecule has 0 N–H and O–H groups in total. The Balaban J connectivity index is 1.37. The van der Waals surface area contributed by atoms with Crippen molar-refractivity contribution in [3.8, 4) is 10.6 Å². The number of hydrogen-bond donors (Lipinski definition) is 0. The van der Waals surface area contributed by atoms with Crippen molar-refractivity contribution in [1.29, 1.82) is 0 Å². The van der Waals surface area contributed by atoms with Crippen LogP contribution in [0.1, 0.15) is 34.1 Å². The average molecular weight is 435 g/mol. The van der Waals surface area contributed by atoms with E-state index in [0.717, 1.165) is 28.2 Å². The van der Waals surface area contributed by atoms with Gasteiger partial charge in [0.15, 0.2) is 0 Å². The number of benzene rings is 1. The molecule has 2 atom stereocenters. The van der Waals surface area contributed by atoms with Gasteiger partial charge in [-0.15, -0.1) is 11.3 Å². The fourth-order valence-electron chi connectivity index (χ4n) is 4.87. The number of carbonyl (C=O) groups is 1. The summed E-state index contributed by atoms with van der Waals surface area (Å²) >= 11 is 1.51. The maximum absolute atomic E-state index is 13.2. The summed E-state index contributed by atoms with van der Waals surface area (Å²) in [7, 11) is 3.95. The summed E-state index contributed by atoms with van der Waals surface area (Å²) in [6.45, 7) is 2.64. The Morgan fingerprint density at radius 2 is 1.94 bits per heavy atom. The van der Waals surface area contributed by atoms with Gasteiger partial charge in [-0.2, -0.15) is 0 Å². The molecular weight excluding hydrogens is 408 g/mol. The third-order valence-corrected chi connectivity index (χ3v) is 7.09. The zero-order chi connectivity index (χ0) is 21.5. The van der Waals surface area contributed by atoms with E-state index in [1.54, 1.807) is 0 Å². The summed E-state index contributed by atoms with van der Waals surface area (Å²) in [6.07, 6.45) is 1.03.